The maximum Gasteiger partial charge on any atom is 0.347 e. The Morgan fingerprint density at radius 3 is 2.15 bits per heavy atom. The lowest BCUT2D eigenvalue weighted by Crippen LogP contribution is -2.60. The Labute approximate surface area is 349 Å². The highest BCUT2D eigenvalue weighted by Crippen LogP contribution is 2.61. The maximum absolute atomic E-state index is 14.6. The number of ether oxygens (including phenoxy) is 4. The van der Waals surface area contributed by atoms with Gasteiger partial charge in [-0.1, -0.05) is 18.2 Å². The Kier molecular flexibility index (Phi) is 9.94. The topological polar surface area (TPSA) is 178 Å². The minimum absolute atomic E-state index is 0.0276. The normalized spacial score (nSPS) is 22.1. The van der Waals surface area contributed by atoms with E-state index in [1.807, 2.05) is 0 Å². The van der Waals surface area contributed by atoms with Crippen molar-refractivity contribution < 1.29 is 38.0 Å². The molecule has 19 heteroatoms. The van der Waals surface area contributed by atoms with Crippen molar-refractivity contribution in [3.8, 4) is 28.7 Å². The van der Waals surface area contributed by atoms with E-state index in [1.165, 1.54) is 66.6 Å². The molecule has 1 aliphatic carbocycles. The van der Waals surface area contributed by atoms with Crippen LogP contribution in [-0.2, 0) is 36.1 Å². The van der Waals surface area contributed by atoms with E-state index in [4.69, 9.17) is 42.1 Å². The van der Waals surface area contributed by atoms with E-state index in [9.17, 15) is 33.5 Å². The molecule has 0 radical (unpaired) electrons. The van der Waals surface area contributed by atoms with Gasteiger partial charge in [-0.2, -0.15) is 0 Å². The third-order valence-corrected chi connectivity index (χ3v) is 12.9. The van der Waals surface area contributed by atoms with Crippen molar-refractivity contribution in [3.05, 3.63) is 115 Å². The molecule has 2 aliphatic heterocycles. The first-order valence-electron chi connectivity index (χ1n) is 18.5. The zero-order valence-electron chi connectivity index (χ0n) is 32.8. The molecule has 0 unspecified atom stereocenters. The van der Waals surface area contributed by atoms with E-state index < -0.39 is 62.7 Å². The van der Waals surface area contributed by atoms with Gasteiger partial charge in [-0.25, -0.2) is 37.8 Å². The van der Waals surface area contributed by atoms with Crippen LogP contribution >= 0.6 is 23.2 Å². The second kappa shape index (κ2) is 14.7. The largest absolute Gasteiger partial charge is 0.502 e. The number of allylic oxidation sites excluding steroid dienone is 3. The number of aromatic nitrogens is 5. The number of imide groups is 1. The van der Waals surface area contributed by atoms with Crippen molar-refractivity contribution in [2.24, 2.45) is 13.0 Å². The van der Waals surface area contributed by atoms with Crippen molar-refractivity contribution in [2.75, 3.05) is 33.3 Å². The smallest absolute Gasteiger partial charge is 0.347 e. The lowest BCUT2D eigenvalue weighted by Gasteiger charge is -2.47. The van der Waals surface area contributed by atoms with Gasteiger partial charge in [0.15, 0.2) is 32.7 Å². The molecule has 1 saturated heterocycles. The summed E-state index contributed by atoms with van der Waals surface area (Å²) < 4.78 is 40.2. The van der Waals surface area contributed by atoms with Crippen LogP contribution in [0.5, 0.6) is 28.7 Å². The summed E-state index contributed by atoms with van der Waals surface area (Å²) in [6, 6.07) is 9.88. The van der Waals surface area contributed by atoms with Crippen molar-refractivity contribution >= 4 is 57.8 Å². The van der Waals surface area contributed by atoms with Gasteiger partial charge in [0.05, 0.1) is 57.7 Å². The number of halogens is 3. The molecule has 5 aromatic rings. The number of methoxy groups -OCH3 is 4. The summed E-state index contributed by atoms with van der Waals surface area (Å²) in [7, 11) is 7.23. The minimum Gasteiger partial charge on any atom is -0.502 e. The minimum atomic E-state index is -2.20. The summed E-state index contributed by atoms with van der Waals surface area (Å²) in [5, 5.41) is 10.5. The summed E-state index contributed by atoms with van der Waals surface area (Å²) in [5.41, 5.74) is -0.0164. The van der Waals surface area contributed by atoms with Crippen LogP contribution < -0.4 is 40.8 Å². The second-order valence-electron chi connectivity index (χ2n) is 14.5. The zero-order chi connectivity index (χ0) is 43.0. The van der Waals surface area contributed by atoms with Crippen LogP contribution in [0.3, 0.4) is 0 Å². The number of nitrogens with zero attached hydrogens (tertiary/aromatic N) is 6. The third kappa shape index (κ3) is 5.84. The van der Waals surface area contributed by atoms with E-state index in [1.54, 1.807) is 37.4 Å². The number of rotatable bonds is 10. The Morgan fingerprint density at radius 2 is 1.52 bits per heavy atom. The Balaban J connectivity index is 1.22. The van der Waals surface area contributed by atoms with Crippen LogP contribution in [-0.4, -0.2) is 78.6 Å². The summed E-state index contributed by atoms with van der Waals surface area (Å²) >= 11 is 14.8. The molecule has 2 amide bonds. The number of phenolic OH excluding ortho intramolecular Hbond substituents is 1. The van der Waals surface area contributed by atoms with E-state index in [0.29, 0.717) is 33.7 Å². The van der Waals surface area contributed by atoms with Crippen LogP contribution in [0, 0.1) is 11.7 Å². The van der Waals surface area contributed by atoms with E-state index >= 15 is 0 Å². The molecule has 8 rings (SSSR count). The van der Waals surface area contributed by atoms with Gasteiger partial charge in [-0.05, 0) is 47.5 Å². The Morgan fingerprint density at radius 1 is 0.883 bits per heavy atom. The number of amides is 2. The average molecular weight is 864 g/mol. The van der Waals surface area contributed by atoms with E-state index in [2.05, 4.69) is 4.98 Å². The molecule has 3 aliphatic rings. The molecule has 1 saturated carbocycles. The van der Waals surface area contributed by atoms with Crippen LogP contribution in [0.2, 0.25) is 0 Å². The second-order valence-corrected chi connectivity index (χ2v) is 15.7. The predicted octanol–water partition coefficient (Wildman–Crippen LogP) is 3.92. The highest BCUT2D eigenvalue weighted by Gasteiger charge is 2.75. The van der Waals surface area contributed by atoms with Gasteiger partial charge in [0.25, 0.3) is 17.4 Å². The molecule has 4 atom stereocenters. The van der Waals surface area contributed by atoms with E-state index in [-0.39, 0.29) is 48.1 Å². The lowest BCUT2D eigenvalue weighted by molar-refractivity contribution is -0.122. The molecule has 0 spiro atoms. The number of anilines is 1. The van der Waals surface area contributed by atoms with Crippen LogP contribution in [0.25, 0.3) is 17.1 Å². The van der Waals surface area contributed by atoms with Gasteiger partial charge in [0.2, 0.25) is 5.75 Å². The number of alkyl halides is 2. The van der Waals surface area contributed by atoms with E-state index in [0.717, 1.165) is 21.6 Å². The van der Waals surface area contributed by atoms with Crippen LogP contribution in [0.1, 0.15) is 23.7 Å². The molecule has 16 nitrogen and oxygen atoms in total. The first-order chi connectivity index (χ1) is 28.6. The zero-order valence-corrected chi connectivity index (χ0v) is 34.3. The molecule has 3 aromatic carbocycles. The number of aryl methyl sites for hydroxylation is 2. The predicted molar refractivity (Wildman–Crippen MR) is 218 cm³/mol. The molecule has 2 aromatic heterocycles. The molecular weight excluding hydrogens is 826 g/mol. The number of hydrogen-bond donors (Lipinski definition) is 1. The van der Waals surface area contributed by atoms with Gasteiger partial charge in [0, 0.05) is 44.5 Å². The number of carbonyl (C=O) groups is 2. The Hall–Kier alpha value is -6.33. The van der Waals surface area contributed by atoms with Crippen molar-refractivity contribution in [2.45, 2.75) is 41.7 Å². The molecule has 1 N–H and O–H groups in total. The number of fused-ring (bicyclic) bond motifs is 5. The van der Waals surface area contributed by atoms with Crippen LogP contribution in [0.4, 0.5) is 10.1 Å². The summed E-state index contributed by atoms with van der Waals surface area (Å²) in [5.74, 6) is -2.84. The number of hydrogen-bond acceptors (Lipinski definition) is 11. The molecular formula is C41H37Cl2FN6O10. The van der Waals surface area contributed by atoms with Gasteiger partial charge < -0.3 is 28.6 Å². The monoisotopic (exact) mass is 862 g/mol. The number of carbonyl (C=O) groups excluding carboxylic acids is 2. The number of aromatic hydroxyl groups is 1. The highest BCUT2D eigenvalue weighted by molar-refractivity contribution is 6.57. The van der Waals surface area contributed by atoms with Gasteiger partial charge in [0.1, 0.15) is 11.5 Å². The quantitative estimate of drug-likeness (QED) is 0.122. The molecule has 0 bridgehead atoms. The molecule has 4 heterocycles. The fraction of sp³-hybridized carbons (Fsp3) is 0.317. The highest BCUT2D eigenvalue weighted by atomic mass is 35.5. The fourth-order valence-electron chi connectivity index (χ4n) is 8.45. The third-order valence-electron chi connectivity index (χ3n) is 11.5. The summed E-state index contributed by atoms with van der Waals surface area (Å²) in [4.78, 5) is 72.0. The lowest BCUT2D eigenvalue weighted by atomic mass is 9.66. The maximum atomic E-state index is 14.6. The molecule has 2 fully saturated rings. The summed E-state index contributed by atoms with van der Waals surface area (Å²) in [6.07, 6.45) is 4.32. The van der Waals surface area contributed by atoms with Gasteiger partial charge in [-0.15, -0.1) is 23.2 Å². The average Bonchev–Trinajstić information content (AvgIpc) is 3.57. The molecule has 60 heavy (non-hydrogen) atoms. The van der Waals surface area contributed by atoms with Crippen molar-refractivity contribution in [1.29, 1.82) is 0 Å². The van der Waals surface area contributed by atoms with Crippen molar-refractivity contribution in [1.82, 2.24) is 23.5 Å². The van der Waals surface area contributed by atoms with Gasteiger partial charge in [-0.3, -0.25) is 14.4 Å². The first-order valence-corrected chi connectivity index (χ1v) is 19.3. The number of phenols is 1. The summed E-state index contributed by atoms with van der Waals surface area (Å²) in [6.45, 7) is -0.357. The first kappa shape index (κ1) is 40.4. The van der Waals surface area contributed by atoms with Crippen LogP contribution in [0.15, 0.2) is 80.6 Å². The Bertz CT molecular complexity index is 2860. The standard InChI is InChI=1S/C41H37Cl2FN6O10/c1-46-28-19-31(58-3)30(57-2)18-27(28)45-26(35(46)52)13-14-47-38(55)48-15-12-24-25(11-6-21-16-32(59-4)34(51)33(17-21)60-5)41(43)37(54)49(23-9-7-22(44)8-10-23)36(53)40(41,42)20-29(24)50(48)39(47)56/h6-12,16-19,25,29,51H,13-15,20H2,1-5H3/t25-,29+,40+,41-/m0/s1. The fourth-order valence-corrected chi connectivity index (χ4v) is 9.32. The number of benzene rings is 3. The SMILES string of the molecule is COc1cc2nc(CCn3c(=O)n4n(c3=O)[C@@H]3C[C@@]5(Cl)C(=O)N(c6ccc(F)cc6)C(=O)[C@@]5(Cl)[C@@H](C=Cc5cc(OC)c(O)c(OC)c5)C3=CC4)c(=O)n(C)c2cc1OC. The molecule has 312 valence electrons. The van der Waals surface area contributed by atoms with Gasteiger partial charge >= 0.3 is 11.4 Å². The van der Waals surface area contributed by atoms with Crippen molar-refractivity contribution in [3.63, 3.8) is 0 Å².